The van der Waals surface area contributed by atoms with Crippen molar-refractivity contribution in [3.8, 4) is 0 Å². The van der Waals surface area contributed by atoms with Crippen LogP contribution in [0.2, 0.25) is 0 Å². The van der Waals surface area contributed by atoms with E-state index in [0.29, 0.717) is 11.8 Å². The Bertz CT molecular complexity index is 189. The minimum absolute atomic E-state index is 0.477. The fourth-order valence-corrected chi connectivity index (χ4v) is 3.32. The zero-order valence-electron chi connectivity index (χ0n) is 8.71. The van der Waals surface area contributed by atoms with Gasteiger partial charge >= 0.3 is 0 Å². The van der Waals surface area contributed by atoms with E-state index in [0.717, 1.165) is 25.7 Å². The zero-order chi connectivity index (χ0) is 9.80. The highest BCUT2D eigenvalue weighted by Crippen LogP contribution is 2.22. The van der Waals surface area contributed by atoms with Gasteiger partial charge in [-0.2, -0.15) is 11.8 Å². The Morgan fingerprint density at radius 3 is 2.71 bits per heavy atom. The van der Waals surface area contributed by atoms with Gasteiger partial charge in [-0.15, -0.1) is 0 Å². The summed E-state index contributed by atoms with van der Waals surface area (Å²) in [6.45, 7) is 2.50. The van der Waals surface area contributed by atoms with Gasteiger partial charge in [-0.3, -0.25) is 9.69 Å². The van der Waals surface area contributed by atoms with Gasteiger partial charge in [0.05, 0.1) is 0 Å². The van der Waals surface area contributed by atoms with E-state index in [1.807, 2.05) is 0 Å². The summed E-state index contributed by atoms with van der Waals surface area (Å²) in [6.07, 6.45) is 5.21. The molecule has 2 fully saturated rings. The lowest BCUT2D eigenvalue weighted by atomic mass is 9.93. The average Bonchev–Trinajstić information content (AvgIpc) is 2.47. The summed E-state index contributed by atoms with van der Waals surface area (Å²) in [5.41, 5.74) is 0. The predicted molar refractivity (Wildman–Crippen MR) is 60.8 cm³/mol. The molecule has 1 aliphatic heterocycles. The Morgan fingerprint density at radius 1 is 1.14 bits per heavy atom. The van der Waals surface area contributed by atoms with Gasteiger partial charge in [0, 0.05) is 31.2 Å². The highest BCUT2D eigenvalue weighted by atomic mass is 32.2. The van der Waals surface area contributed by atoms with Gasteiger partial charge in [0.25, 0.3) is 0 Å². The van der Waals surface area contributed by atoms with E-state index in [9.17, 15) is 4.79 Å². The van der Waals surface area contributed by atoms with Gasteiger partial charge < -0.3 is 0 Å². The Kier molecular flexibility index (Phi) is 3.88. The summed E-state index contributed by atoms with van der Waals surface area (Å²) in [6, 6.07) is 0.714. The van der Waals surface area contributed by atoms with E-state index in [1.54, 1.807) is 0 Å². The molecule has 0 amide bonds. The molecule has 1 aliphatic carbocycles. The van der Waals surface area contributed by atoms with Gasteiger partial charge in [-0.25, -0.2) is 0 Å². The Morgan fingerprint density at radius 2 is 1.93 bits per heavy atom. The number of Topliss-reactive ketones (excluding diaryl/α,β-unsaturated/α-hetero) is 1. The second-order valence-corrected chi connectivity index (χ2v) is 5.50. The summed E-state index contributed by atoms with van der Waals surface area (Å²) in [5.74, 6) is 3.08. The van der Waals surface area contributed by atoms with Crippen molar-refractivity contribution in [1.82, 2.24) is 4.90 Å². The molecule has 80 valence electrons. The van der Waals surface area contributed by atoms with Crippen LogP contribution in [-0.4, -0.2) is 41.3 Å². The molecule has 0 unspecified atom stereocenters. The fourth-order valence-electron chi connectivity index (χ4n) is 2.42. The second kappa shape index (κ2) is 5.17. The maximum Gasteiger partial charge on any atom is 0.133 e. The van der Waals surface area contributed by atoms with Crippen LogP contribution < -0.4 is 0 Å². The van der Waals surface area contributed by atoms with Gasteiger partial charge in [-0.05, 0) is 31.6 Å². The van der Waals surface area contributed by atoms with Crippen molar-refractivity contribution >= 4 is 17.5 Å². The van der Waals surface area contributed by atoms with Crippen LogP contribution in [0.15, 0.2) is 0 Å². The first-order chi connectivity index (χ1) is 6.86. The minimum atomic E-state index is 0.477. The van der Waals surface area contributed by atoms with Crippen molar-refractivity contribution in [2.75, 3.05) is 24.6 Å². The smallest absolute Gasteiger partial charge is 0.133 e. The lowest BCUT2D eigenvalue weighted by Gasteiger charge is -2.32. The van der Waals surface area contributed by atoms with E-state index in [-0.39, 0.29) is 0 Å². The molecule has 1 saturated carbocycles. The number of ketones is 1. The number of hydrogen-bond donors (Lipinski definition) is 0. The summed E-state index contributed by atoms with van der Waals surface area (Å²) >= 11 is 2.08. The topological polar surface area (TPSA) is 20.3 Å². The van der Waals surface area contributed by atoms with Crippen molar-refractivity contribution in [3.63, 3.8) is 0 Å². The van der Waals surface area contributed by atoms with Crippen molar-refractivity contribution in [2.45, 2.75) is 38.1 Å². The molecular formula is C11H19NOS. The molecule has 0 aromatic carbocycles. The molecule has 0 aromatic heterocycles. The Hall–Kier alpha value is -0.0200. The van der Waals surface area contributed by atoms with E-state index in [1.165, 1.54) is 31.0 Å². The van der Waals surface area contributed by atoms with Crippen LogP contribution >= 0.6 is 11.8 Å². The van der Waals surface area contributed by atoms with Crippen LogP contribution in [0.5, 0.6) is 0 Å². The van der Waals surface area contributed by atoms with Crippen molar-refractivity contribution in [2.24, 2.45) is 0 Å². The number of thioether (sulfide) groups is 1. The average molecular weight is 213 g/mol. The summed E-state index contributed by atoms with van der Waals surface area (Å²) in [5, 5.41) is 0. The molecule has 0 radical (unpaired) electrons. The standard InChI is InChI=1S/C11H19NOS/c13-11-4-2-10(3-5-11)12-6-1-8-14-9-7-12/h10H,1-9H2. The van der Waals surface area contributed by atoms with Gasteiger partial charge in [0.1, 0.15) is 5.78 Å². The summed E-state index contributed by atoms with van der Waals surface area (Å²) in [4.78, 5) is 13.8. The third kappa shape index (κ3) is 2.74. The van der Waals surface area contributed by atoms with Crippen LogP contribution in [0.1, 0.15) is 32.1 Å². The zero-order valence-corrected chi connectivity index (χ0v) is 9.52. The van der Waals surface area contributed by atoms with Crippen LogP contribution in [0, 0.1) is 0 Å². The molecule has 0 atom stereocenters. The van der Waals surface area contributed by atoms with Gasteiger partial charge in [0.15, 0.2) is 0 Å². The molecule has 0 N–H and O–H groups in total. The predicted octanol–water partition coefficient (Wildman–Crippen LogP) is 1.94. The molecule has 3 heteroatoms. The number of carbonyl (C=O) groups is 1. The highest BCUT2D eigenvalue weighted by molar-refractivity contribution is 7.99. The first kappa shape index (κ1) is 10.5. The van der Waals surface area contributed by atoms with Crippen LogP contribution in [0.25, 0.3) is 0 Å². The first-order valence-electron chi connectivity index (χ1n) is 5.70. The summed E-state index contributed by atoms with van der Waals surface area (Å²) in [7, 11) is 0. The van der Waals surface area contributed by atoms with E-state index in [4.69, 9.17) is 0 Å². The number of nitrogens with zero attached hydrogens (tertiary/aromatic N) is 1. The molecule has 2 aliphatic rings. The Labute approximate surface area is 90.4 Å². The van der Waals surface area contributed by atoms with Crippen molar-refractivity contribution in [3.05, 3.63) is 0 Å². The largest absolute Gasteiger partial charge is 0.300 e. The molecule has 2 rings (SSSR count). The lowest BCUT2D eigenvalue weighted by molar-refractivity contribution is -0.121. The quantitative estimate of drug-likeness (QED) is 0.664. The normalized spacial score (nSPS) is 27.6. The van der Waals surface area contributed by atoms with Crippen LogP contribution in [0.4, 0.5) is 0 Å². The maximum atomic E-state index is 11.1. The second-order valence-electron chi connectivity index (χ2n) is 4.27. The first-order valence-corrected chi connectivity index (χ1v) is 6.85. The third-order valence-electron chi connectivity index (χ3n) is 3.29. The molecule has 1 saturated heterocycles. The molecule has 14 heavy (non-hydrogen) atoms. The summed E-state index contributed by atoms with van der Waals surface area (Å²) < 4.78 is 0. The van der Waals surface area contributed by atoms with Crippen molar-refractivity contribution < 1.29 is 4.79 Å². The monoisotopic (exact) mass is 213 g/mol. The van der Waals surface area contributed by atoms with Crippen LogP contribution in [0.3, 0.4) is 0 Å². The molecule has 1 heterocycles. The fraction of sp³-hybridized carbons (Fsp3) is 0.909. The molecule has 0 bridgehead atoms. The van der Waals surface area contributed by atoms with Crippen molar-refractivity contribution in [1.29, 1.82) is 0 Å². The molecular weight excluding hydrogens is 194 g/mol. The maximum absolute atomic E-state index is 11.1. The third-order valence-corrected chi connectivity index (χ3v) is 4.33. The Balaban J connectivity index is 1.83. The molecule has 2 nitrogen and oxygen atoms in total. The number of rotatable bonds is 1. The van der Waals surface area contributed by atoms with E-state index < -0.39 is 0 Å². The number of carbonyl (C=O) groups excluding carboxylic acids is 1. The molecule has 0 aromatic rings. The number of hydrogen-bond acceptors (Lipinski definition) is 3. The minimum Gasteiger partial charge on any atom is -0.300 e. The van der Waals surface area contributed by atoms with Crippen LogP contribution in [-0.2, 0) is 4.79 Å². The van der Waals surface area contributed by atoms with E-state index >= 15 is 0 Å². The SMILES string of the molecule is O=C1CCC(N2CCCSCC2)CC1. The van der Waals surface area contributed by atoms with Gasteiger partial charge in [0.2, 0.25) is 0 Å². The molecule has 0 spiro atoms. The highest BCUT2D eigenvalue weighted by Gasteiger charge is 2.24. The lowest BCUT2D eigenvalue weighted by Crippen LogP contribution is -2.39. The van der Waals surface area contributed by atoms with E-state index in [2.05, 4.69) is 16.7 Å². The van der Waals surface area contributed by atoms with Gasteiger partial charge in [-0.1, -0.05) is 0 Å².